The monoisotopic (exact) mass is 414 g/mol. The highest BCUT2D eigenvalue weighted by atomic mass is 32.2. The van der Waals surface area contributed by atoms with Crippen LogP contribution in [0.25, 0.3) is 0 Å². The largest absolute Gasteiger partial charge is 0.309 e. The van der Waals surface area contributed by atoms with Crippen molar-refractivity contribution in [3.63, 3.8) is 0 Å². The van der Waals surface area contributed by atoms with Gasteiger partial charge in [-0.3, -0.25) is 14.7 Å². The fourth-order valence-electron chi connectivity index (χ4n) is 4.27. The van der Waals surface area contributed by atoms with Crippen molar-refractivity contribution in [2.75, 3.05) is 31.1 Å². The van der Waals surface area contributed by atoms with Crippen LogP contribution >= 0.6 is 0 Å². The van der Waals surface area contributed by atoms with Gasteiger partial charge in [0.15, 0.2) is 0 Å². The van der Waals surface area contributed by atoms with Crippen molar-refractivity contribution in [3.05, 3.63) is 53.9 Å². The molecule has 0 N–H and O–H groups in total. The predicted molar refractivity (Wildman–Crippen MR) is 111 cm³/mol. The molecule has 0 radical (unpaired) electrons. The van der Waals surface area contributed by atoms with Crippen LogP contribution in [0.5, 0.6) is 0 Å². The van der Waals surface area contributed by atoms with Gasteiger partial charge in [-0.05, 0) is 48.7 Å². The molecular weight excluding hydrogens is 388 g/mol. The molecule has 2 aliphatic rings. The molecule has 8 heteroatoms. The lowest BCUT2D eigenvalue weighted by Crippen LogP contribution is -2.48. The summed E-state index contributed by atoms with van der Waals surface area (Å²) >= 11 is 0. The van der Waals surface area contributed by atoms with Crippen LogP contribution in [0.1, 0.15) is 25.0 Å². The Balaban J connectivity index is 1.46. The Morgan fingerprint density at radius 1 is 1.17 bits per heavy atom. The number of sulfonamides is 1. The van der Waals surface area contributed by atoms with Crippen molar-refractivity contribution in [3.8, 4) is 0 Å². The van der Waals surface area contributed by atoms with E-state index in [-0.39, 0.29) is 11.9 Å². The molecule has 1 amide bonds. The second-order valence-electron chi connectivity index (χ2n) is 7.77. The van der Waals surface area contributed by atoms with Crippen molar-refractivity contribution in [2.24, 2.45) is 0 Å². The molecule has 1 unspecified atom stereocenters. The smallest absolute Gasteiger partial charge is 0.243 e. The van der Waals surface area contributed by atoms with Gasteiger partial charge >= 0.3 is 0 Å². The lowest BCUT2D eigenvalue weighted by Gasteiger charge is -2.34. The number of amides is 1. The third-order valence-electron chi connectivity index (χ3n) is 5.70. The number of nitrogens with zero attached hydrogens (tertiary/aromatic N) is 4. The number of piperazine rings is 1. The average molecular weight is 415 g/mol. The van der Waals surface area contributed by atoms with E-state index in [1.807, 2.05) is 25.3 Å². The van der Waals surface area contributed by atoms with Crippen LogP contribution in [-0.2, 0) is 27.8 Å². The quantitative estimate of drug-likeness (QED) is 0.764. The molecule has 1 fully saturated rings. The number of aromatic nitrogens is 1. The van der Waals surface area contributed by atoms with E-state index < -0.39 is 10.0 Å². The minimum Gasteiger partial charge on any atom is -0.309 e. The van der Waals surface area contributed by atoms with Crippen LogP contribution in [0, 0.1) is 0 Å². The zero-order chi connectivity index (χ0) is 20.6. The summed E-state index contributed by atoms with van der Waals surface area (Å²) in [7, 11) is -3.54. The first-order valence-electron chi connectivity index (χ1n) is 9.90. The highest BCUT2D eigenvalue weighted by Gasteiger charge is 2.33. The van der Waals surface area contributed by atoms with Crippen LogP contribution in [-0.4, -0.2) is 60.7 Å². The minimum absolute atomic E-state index is 0.0170. The summed E-state index contributed by atoms with van der Waals surface area (Å²) in [5.41, 5.74) is 2.88. The highest BCUT2D eigenvalue weighted by Crippen LogP contribution is 2.34. The first kappa shape index (κ1) is 20.0. The Morgan fingerprint density at radius 2 is 1.93 bits per heavy atom. The fraction of sp³-hybridized carbons (Fsp3) is 0.429. The maximum Gasteiger partial charge on any atom is 0.243 e. The van der Waals surface area contributed by atoms with Crippen LogP contribution in [0.3, 0.4) is 0 Å². The summed E-state index contributed by atoms with van der Waals surface area (Å²) < 4.78 is 27.9. The molecule has 2 aliphatic heterocycles. The van der Waals surface area contributed by atoms with Crippen molar-refractivity contribution in [1.29, 1.82) is 0 Å². The molecule has 1 aromatic carbocycles. The number of anilines is 1. The molecule has 0 saturated carbocycles. The van der Waals surface area contributed by atoms with Gasteiger partial charge in [0.05, 0.1) is 4.90 Å². The molecular formula is C21H26N4O3S. The molecule has 3 heterocycles. The van der Waals surface area contributed by atoms with E-state index in [0.717, 1.165) is 23.4 Å². The fourth-order valence-corrected chi connectivity index (χ4v) is 5.75. The van der Waals surface area contributed by atoms with Gasteiger partial charge < -0.3 is 4.90 Å². The number of benzene rings is 1. The third-order valence-corrected chi connectivity index (χ3v) is 7.60. The van der Waals surface area contributed by atoms with Gasteiger partial charge in [0.2, 0.25) is 15.9 Å². The second kappa shape index (κ2) is 7.85. The maximum atomic E-state index is 13.2. The lowest BCUT2D eigenvalue weighted by molar-refractivity contribution is -0.116. The first-order chi connectivity index (χ1) is 13.9. The minimum atomic E-state index is -3.54. The molecule has 1 saturated heterocycles. The van der Waals surface area contributed by atoms with E-state index in [9.17, 15) is 13.2 Å². The van der Waals surface area contributed by atoms with Gasteiger partial charge in [-0.15, -0.1) is 0 Å². The summed E-state index contributed by atoms with van der Waals surface area (Å²) in [4.78, 5) is 20.3. The summed E-state index contributed by atoms with van der Waals surface area (Å²) in [6, 6.07) is 9.14. The van der Waals surface area contributed by atoms with E-state index in [4.69, 9.17) is 0 Å². The Hall–Kier alpha value is -2.29. The Morgan fingerprint density at radius 3 is 2.59 bits per heavy atom. The normalized spacial score (nSPS) is 20.6. The maximum absolute atomic E-state index is 13.2. The zero-order valence-corrected chi connectivity index (χ0v) is 17.6. The van der Waals surface area contributed by atoms with Crippen LogP contribution in [0.15, 0.2) is 47.6 Å². The van der Waals surface area contributed by atoms with Gasteiger partial charge in [-0.25, -0.2) is 8.42 Å². The Kier molecular flexibility index (Phi) is 5.42. The van der Waals surface area contributed by atoms with E-state index in [1.165, 1.54) is 0 Å². The molecule has 1 aromatic heterocycles. The van der Waals surface area contributed by atoms with Crippen LogP contribution < -0.4 is 4.90 Å². The molecule has 29 heavy (non-hydrogen) atoms. The van der Waals surface area contributed by atoms with E-state index in [1.54, 1.807) is 40.5 Å². The number of hydrogen-bond donors (Lipinski definition) is 0. The van der Waals surface area contributed by atoms with Crippen molar-refractivity contribution >= 4 is 21.6 Å². The van der Waals surface area contributed by atoms with E-state index >= 15 is 0 Å². The van der Waals surface area contributed by atoms with Crippen LogP contribution in [0.2, 0.25) is 0 Å². The average Bonchev–Trinajstić information content (AvgIpc) is 3.04. The van der Waals surface area contributed by atoms with Crippen molar-refractivity contribution < 1.29 is 13.2 Å². The summed E-state index contributed by atoms with van der Waals surface area (Å²) in [5.74, 6) is -0.0170. The molecule has 0 aliphatic carbocycles. The summed E-state index contributed by atoms with van der Waals surface area (Å²) in [5, 5.41) is 0. The summed E-state index contributed by atoms with van der Waals surface area (Å²) in [6.07, 6.45) is 4.27. The lowest BCUT2D eigenvalue weighted by atomic mass is 10.1. The topological polar surface area (TPSA) is 73.8 Å². The molecule has 154 valence electrons. The number of hydrogen-bond acceptors (Lipinski definition) is 5. The molecule has 7 nitrogen and oxygen atoms in total. The number of fused-ring (bicyclic) bond motifs is 1. The molecule has 0 bridgehead atoms. The van der Waals surface area contributed by atoms with Gasteiger partial charge in [-0.1, -0.05) is 6.07 Å². The number of carbonyl (C=O) groups is 1. The van der Waals surface area contributed by atoms with Gasteiger partial charge in [0.25, 0.3) is 0 Å². The third kappa shape index (κ3) is 3.92. The van der Waals surface area contributed by atoms with E-state index in [2.05, 4.69) is 9.88 Å². The van der Waals surface area contributed by atoms with Gasteiger partial charge in [-0.2, -0.15) is 4.31 Å². The molecule has 2 aromatic rings. The van der Waals surface area contributed by atoms with Crippen molar-refractivity contribution in [1.82, 2.24) is 14.2 Å². The van der Waals surface area contributed by atoms with Gasteiger partial charge in [0, 0.05) is 63.8 Å². The highest BCUT2D eigenvalue weighted by molar-refractivity contribution is 7.89. The Bertz CT molecular complexity index is 1000. The predicted octanol–water partition coefficient (Wildman–Crippen LogP) is 1.89. The Labute approximate surface area is 172 Å². The molecule has 4 rings (SSSR count). The van der Waals surface area contributed by atoms with Crippen LogP contribution in [0.4, 0.5) is 5.69 Å². The van der Waals surface area contributed by atoms with Crippen molar-refractivity contribution in [2.45, 2.75) is 37.8 Å². The second-order valence-corrected chi connectivity index (χ2v) is 9.71. The summed E-state index contributed by atoms with van der Waals surface area (Å²) in [6.45, 7) is 6.62. The molecule has 0 spiro atoms. The zero-order valence-electron chi connectivity index (χ0n) is 16.8. The standard InChI is InChI=1S/C21H26N4O3S/c1-16-12-19-13-20(5-6-21(19)25(16)17(2)26)29(27,28)24-10-8-23(9-11-24)15-18-4-3-7-22-14-18/h3-7,13-14,16H,8-12,15H2,1-2H3. The number of pyridine rings is 1. The number of rotatable bonds is 4. The van der Waals surface area contributed by atoms with E-state index in [0.29, 0.717) is 37.5 Å². The SMILES string of the molecule is CC(=O)N1c2ccc(S(=O)(=O)N3CCN(Cc4cccnc4)CC3)cc2CC1C. The first-order valence-corrected chi connectivity index (χ1v) is 11.3. The van der Waals surface area contributed by atoms with Gasteiger partial charge in [0.1, 0.15) is 0 Å². The number of carbonyl (C=O) groups excluding carboxylic acids is 1. The molecule has 1 atom stereocenters.